The minimum Gasteiger partial charge on any atom is -0.379 e. The molecule has 0 unspecified atom stereocenters. The monoisotopic (exact) mass is 430 g/mol. The van der Waals surface area contributed by atoms with Gasteiger partial charge in [-0.3, -0.25) is 4.79 Å². The molecule has 0 aliphatic carbocycles. The highest BCUT2D eigenvalue weighted by Gasteiger charge is 2.29. The highest BCUT2D eigenvalue weighted by Crippen LogP contribution is 2.27. The van der Waals surface area contributed by atoms with Crippen LogP contribution in [0.25, 0.3) is 0 Å². The van der Waals surface area contributed by atoms with Gasteiger partial charge in [0.05, 0.1) is 18.1 Å². The van der Waals surface area contributed by atoms with Crippen LogP contribution in [-0.4, -0.2) is 51.5 Å². The molecule has 1 aliphatic rings. The van der Waals surface area contributed by atoms with Crippen molar-refractivity contribution in [1.82, 2.24) is 4.31 Å². The summed E-state index contributed by atoms with van der Waals surface area (Å²) in [6.45, 7) is 9.72. The van der Waals surface area contributed by atoms with Crippen molar-refractivity contribution in [2.24, 2.45) is 0 Å². The molecule has 0 aromatic heterocycles. The number of morpholine rings is 1. The predicted octanol–water partition coefficient (Wildman–Crippen LogP) is 3.55. The summed E-state index contributed by atoms with van der Waals surface area (Å²) in [4.78, 5) is 15.3. The fourth-order valence-corrected chi connectivity index (χ4v) is 5.46. The number of carbonyl (C=O) groups excluding carboxylic acids is 1. The lowest BCUT2D eigenvalue weighted by Gasteiger charge is -2.27. The third kappa shape index (κ3) is 4.43. The number of aryl methyl sites for hydroxylation is 3. The number of sulfonamides is 1. The molecule has 0 atom stereocenters. The molecule has 1 saturated heterocycles. The van der Waals surface area contributed by atoms with E-state index in [0.717, 1.165) is 16.8 Å². The summed E-state index contributed by atoms with van der Waals surface area (Å²) in [5.41, 5.74) is 4.01. The smallest absolute Gasteiger partial charge is 0.258 e. The second-order valence-corrected chi connectivity index (χ2v) is 9.44. The SMILES string of the molecule is CCc1ccc(C(=O)N(CC)c2cc(C)ccc2C)cc1S(=O)(=O)N1CCOCC1. The largest absolute Gasteiger partial charge is 0.379 e. The van der Waals surface area contributed by atoms with Gasteiger partial charge in [-0.25, -0.2) is 8.42 Å². The maximum atomic E-state index is 13.4. The fraction of sp³-hybridized carbons (Fsp3) is 0.435. The molecule has 162 valence electrons. The summed E-state index contributed by atoms with van der Waals surface area (Å²) in [7, 11) is -3.69. The molecule has 0 bridgehead atoms. The van der Waals surface area contributed by atoms with Crippen LogP contribution in [0.3, 0.4) is 0 Å². The molecule has 1 amide bonds. The van der Waals surface area contributed by atoms with Crippen molar-refractivity contribution in [3.05, 3.63) is 58.7 Å². The first-order valence-corrected chi connectivity index (χ1v) is 11.8. The Hall–Kier alpha value is -2.22. The van der Waals surface area contributed by atoms with E-state index in [9.17, 15) is 13.2 Å². The van der Waals surface area contributed by atoms with Crippen molar-refractivity contribution in [1.29, 1.82) is 0 Å². The standard InChI is InChI=1S/C23H30N2O4S/c1-5-19-9-10-20(16-22(19)30(27,28)24-11-13-29-14-12-24)23(26)25(6-2)21-15-17(3)7-8-18(21)4/h7-10,15-16H,5-6,11-14H2,1-4H3. The Labute approximate surface area is 179 Å². The minimum atomic E-state index is -3.69. The van der Waals surface area contributed by atoms with Crippen LogP contribution in [0.5, 0.6) is 0 Å². The normalized spacial score (nSPS) is 15.2. The van der Waals surface area contributed by atoms with Gasteiger partial charge in [0.1, 0.15) is 0 Å². The molecule has 7 heteroatoms. The van der Waals surface area contributed by atoms with Gasteiger partial charge in [0.2, 0.25) is 10.0 Å². The lowest BCUT2D eigenvalue weighted by molar-refractivity contribution is 0.0730. The van der Waals surface area contributed by atoms with Gasteiger partial charge in [0.15, 0.2) is 0 Å². The van der Waals surface area contributed by atoms with Gasteiger partial charge >= 0.3 is 0 Å². The van der Waals surface area contributed by atoms with Crippen LogP contribution >= 0.6 is 0 Å². The zero-order valence-electron chi connectivity index (χ0n) is 18.1. The third-order valence-corrected chi connectivity index (χ3v) is 7.48. The maximum Gasteiger partial charge on any atom is 0.258 e. The van der Waals surface area contributed by atoms with E-state index in [1.165, 1.54) is 4.31 Å². The summed E-state index contributed by atoms with van der Waals surface area (Å²) >= 11 is 0. The maximum absolute atomic E-state index is 13.4. The molecule has 1 heterocycles. The fourth-order valence-electron chi connectivity index (χ4n) is 3.74. The number of benzene rings is 2. The summed E-state index contributed by atoms with van der Waals surface area (Å²) in [5, 5.41) is 0. The van der Waals surface area contributed by atoms with Gasteiger partial charge in [-0.1, -0.05) is 25.1 Å². The highest BCUT2D eigenvalue weighted by molar-refractivity contribution is 7.89. The number of rotatable bonds is 6. The number of anilines is 1. The lowest BCUT2D eigenvalue weighted by Crippen LogP contribution is -2.41. The Kier molecular flexibility index (Phi) is 6.95. The van der Waals surface area contributed by atoms with Crippen LogP contribution in [0.4, 0.5) is 5.69 Å². The molecular weight excluding hydrogens is 400 g/mol. The predicted molar refractivity (Wildman–Crippen MR) is 119 cm³/mol. The molecule has 1 fully saturated rings. The number of hydrogen-bond acceptors (Lipinski definition) is 4. The van der Waals surface area contributed by atoms with E-state index in [4.69, 9.17) is 4.74 Å². The average Bonchev–Trinajstić information content (AvgIpc) is 2.76. The van der Waals surface area contributed by atoms with Crippen LogP contribution in [0.2, 0.25) is 0 Å². The Morgan fingerprint density at radius 1 is 1.07 bits per heavy atom. The summed E-state index contributed by atoms with van der Waals surface area (Å²) in [6, 6.07) is 11.0. The Balaban J connectivity index is 2.03. The highest BCUT2D eigenvalue weighted by atomic mass is 32.2. The van der Waals surface area contributed by atoms with Gasteiger partial charge in [0.25, 0.3) is 5.91 Å². The lowest BCUT2D eigenvalue weighted by atomic mass is 10.1. The van der Waals surface area contributed by atoms with Crippen molar-refractivity contribution in [3.8, 4) is 0 Å². The van der Waals surface area contributed by atoms with E-state index in [1.807, 2.05) is 45.9 Å². The van der Waals surface area contributed by atoms with Crippen molar-refractivity contribution in [2.45, 2.75) is 39.0 Å². The first-order valence-electron chi connectivity index (χ1n) is 10.4. The van der Waals surface area contributed by atoms with Gasteiger partial charge < -0.3 is 9.64 Å². The van der Waals surface area contributed by atoms with Crippen LogP contribution in [0.15, 0.2) is 41.3 Å². The van der Waals surface area contributed by atoms with E-state index < -0.39 is 10.0 Å². The molecular formula is C23H30N2O4S. The third-order valence-electron chi connectivity index (χ3n) is 5.50. The molecule has 0 spiro atoms. The summed E-state index contributed by atoms with van der Waals surface area (Å²) < 4.78 is 33.3. The quantitative estimate of drug-likeness (QED) is 0.703. The topological polar surface area (TPSA) is 66.9 Å². The molecule has 2 aromatic rings. The van der Waals surface area contributed by atoms with Gasteiger partial charge in [-0.2, -0.15) is 4.31 Å². The molecule has 6 nitrogen and oxygen atoms in total. The van der Waals surface area contributed by atoms with Crippen LogP contribution in [0, 0.1) is 13.8 Å². The molecule has 0 radical (unpaired) electrons. The average molecular weight is 431 g/mol. The number of ether oxygens (including phenoxy) is 1. The number of carbonyl (C=O) groups is 1. The number of amides is 1. The van der Waals surface area contributed by atoms with E-state index in [0.29, 0.717) is 50.4 Å². The Morgan fingerprint density at radius 3 is 2.40 bits per heavy atom. The van der Waals surface area contributed by atoms with Gasteiger partial charge in [0, 0.05) is 30.9 Å². The van der Waals surface area contributed by atoms with Crippen LogP contribution in [0.1, 0.15) is 40.9 Å². The molecule has 1 aliphatic heterocycles. The van der Waals surface area contributed by atoms with Crippen molar-refractivity contribution in [3.63, 3.8) is 0 Å². The van der Waals surface area contributed by atoms with Crippen molar-refractivity contribution < 1.29 is 17.9 Å². The Bertz CT molecular complexity index is 1030. The second-order valence-electron chi connectivity index (χ2n) is 7.53. The van der Waals surface area contributed by atoms with Gasteiger partial charge in [-0.05, 0) is 62.1 Å². The van der Waals surface area contributed by atoms with Crippen molar-refractivity contribution >= 4 is 21.6 Å². The Morgan fingerprint density at radius 2 is 1.77 bits per heavy atom. The first kappa shape index (κ1) is 22.5. The van der Waals surface area contributed by atoms with E-state index in [-0.39, 0.29) is 10.8 Å². The zero-order valence-corrected chi connectivity index (χ0v) is 19.0. The summed E-state index contributed by atoms with van der Waals surface area (Å²) in [5.74, 6) is -0.202. The molecule has 0 N–H and O–H groups in total. The van der Waals surface area contributed by atoms with Gasteiger partial charge in [-0.15, -0.1) is 0 Å². The number of hydrogen-bond donors (Lipinski definition) is 0. The molecule has 2 aromatic carbocycles. The van der Waals surface area contributed by atoms with Crippen LogP contribution < -0.4 is 4.90 Å². The molecule has 0 saturated carbocycles. The van der Waals surface area contributed by atoms with Crippen LogP contribution in [-0.2, 0) is 21.2 Å². The van der Waals surface area contributed by atoms with E-state index >= 15 is 0 Å². The number of nitrogens with zero attached hydrogens (tertiary/aromatic N) is 2. The minimum absolute atomic E-state index is 0.202. The molecule has 30 heavy (non-hydrogen) atoms. The zero-order chi connectivity index (χ0) is 21.9. The molecule has 3 rings (SSSR count). The van der Waals surface area contributed by atoms with E-state index in [2.05, 4.69) is 0 Å². The van der Waals surface area contributed by atoms with E-state index in [1.54, 1.807) is 23.1 Å². The van der Waals surface area contributed by atoms with Crippen molar-refractivity contribution in [2.75, 3.05) is 37.7 Å². The second kappa shape index (κ2) is 9.29. The summed E-state index contributed by atoms with van der Waals surface area (Å²) in [6.07, 6.45) is 0.571. The first-order chi connectivity index (χ1) is 14.3.